The number of benzene rings is 1. The molecule has 19 heavy (non-hydrogen) atoms. The van der Waals surface area contributed by atoms with Crippen molar-refractivity contribution in [3.8, 4) is 5.75 Å². The molecule has 0 unspecified atom stereocenters. The first-order valence-corrected chi connectivity index (χ1v) is 7.21. The molecule has 0 saturated carbocycles. The van der Waals surface area contributed by atoms with E-state index in [1.54, 1.807) is 0 Å². The summed E-state index contributed by atoms with van der Waals surface area (Å²) >= 11 is 0. The first-order chi connectivity index (χ1) is 9.21. The van der Waals surface area contributed by atoms with E-state index in [-0.39, 0.29) is 5.91 Å². The van der Waals surface area contributed by atoms with Crippen molar-refractivity contribution in [1.29, 1.82) is 0 Å². The molecule has 1 aromatic carbocycles. The van der Waals surface area contributed by atoms with Crippen molar-refractivity contribution in [3.05, 3.63) is 29.8 Å². The summed E-state index contributed by atoms with van der Waals surface area (Å²) in [4.78, 5) is 11.9. The fraction of sp³-hybridized carbons (Fsp3) is 0.562. The van der Waals surface area contributed by atoms with Crippen LogP contribution in [0, 0.1) is 0 Å². The SMILES string of the molecule is CCOc1ccccc1CCC(=O)NC(CC)CC. The minimum Gasteiger partial charge on any atom is -0.494 e. The second-order valence-electron chi connectivity index (χ2n) is 4.62. The zero-order valence-electron chi connectivity index (χ0n) is 12.2. The zero-order valence-corrected chi connectivity index (χ0v) is 12.2. The molecular formula is C16H25NO2. The molecule has 0 aromatic heterocycles. The van der Waals surface area contributed by atoms with Crippen LogP contribution in [-0.4, -0.2) is 18.6 Å². The van der Waals surface area contributed by atoms with Gasteiger partial charge in [-0.2, -0.15) is 0 Å². The molecule has 0 atom stereocenters. The normalized spacial score (nSPS) is 10.5. The molecule has 1 amide bonds. The van der Waals surface area contributed by atoms with Gasteiger partial charge in [-0.25, -0.2) is 0 Å². The summed E-state index contributed by atoms with van der Waals surface area (Å²) in [6.45, 7) is 6.81. The number of para-hydroxylation sites is 1. The summed E-state index contributed by atoms with van der Waals surface area (Å²) in [5.74, 6) is 1.01. The van der Waals surface area contributed by atoms with Gasteiger partial charge in [0.2, 0.25) is 5.91 Å². The highest BCUT2D eigenvalue weighted by molar-refractivity contribution is 5.76. The number of hydrogen-bond donors (Lipinski definition) is 1. The van der Waals surface area contributed by atoms with Crippen LogP contribution < -0.4 is 10.1 Å². The maximum absolute atomic E-state index is 11.9. The topological polar surface area (TPSA) is 38.3 Å². The largest absolute Gasteiger partial charge is 0.494 e. The van der Waals surface area contributed by atoms with Crippen LogP contribution in [0.25, 0.3) is 0 Å². The number of carbonyl (C=O) groups is 1. The summed E-state index contributed by atoms with van der Waals surface area (Å²) in [5, 5.41) is 3.06. The summed E-state index contributed by atoms with van der Waals surface area (Å²) in [5.41, 5.74) is 1.10. The van der Waals surface area contributed by atoms with E-state index >= 15 is 0 Å². The molecule has 0 saturated heterocycles. The maximum atomic E-state index is 11.9. The van der Waals surface area contributed by atoms with Crippen molar-refractivity contribution in [2.45, 2.75) is 52.5 Å². The Morgan fingerprint density at radius 1 is 1.21 bits per heavy atom. The van der Waals surface area contributed by atoms with Crippen LogP contribution in [0.15, 0.2) is 24.3 Å². The first kappa shape index (κ1) is 15.5. The van der Waals surface area contributed by atoms with Crippen molar-refractivity contribution in [2.75, 3.05) is 6.61 Å². The first-order valence-electron chi connectivity index (χ1n) is 7.21. The lowest BCUT2D eigenvalue weighted by atomic mass is 10.1. The predicted octanol–water partition coefficient (Wildman–Crippen LogP) is 3.32. The van der Waals surface area contributed by atoms with Crippen molar-refractivity contribution < 1.29 is 9.53 Å². The highest BCUT2D eigenvalue weighted by Crippen LogP contribution is 2.19. The molecular weight excluding hydrogens is 238 g/mol. The van der Waals surface area contributed by atoms with Crippen LogP contribution in [0.3, 0.4) is 0 Å². The van der Waals surface area contributed by atoms with Gasteiger partial charge in [-0.05, 0) is 37.8 Å². The number of ether oxygens (including phenoxy) is 1. The average Bonchev–Trinajstić information content (AvgIpc) is 2.44. The summed E-state index contributed by atoms with van der Waals surface area (Å²) < 4.78 is 5.56. The predicted molar refractivity (Wildman–Crippen MR) is 78.4 cm³/mol. The van der Waals surface area contributed by atoms with E-state index in [2.05, 4.69) is 19.2 Å². The van der Waals surface area contributed by atoms with Gasteiger partial charge >= 0.3 is 0 Å². The van der Waals surface area contributed by atoms with Crippen molar-refractivity contribution in [1.82, 2.24) is 5.32 Å². The lowest BCUT2D eigenvalue weighted by Gasteiger charge is -2.15. The second-order valence-corrected chi connectivity index (χ2v) is 4.62. The summed E-state index contributed by atoms with van der Waals surface area (Å²) in [6.07, 6.45) is 3.21. The lowest BCUT2D eigenvalue weighted by molar-refractivity contribution is -0.121. The number of aryl methyl sites for hydroxylation is 1. The quantitative estimate of drug-likeness (QED) is 0.781. The van der Waals surface area contributed by atoms with Crippen LogP contribution in [0.2, 0.25) is 0 Å². The highest BCUT2D eigenvalue weighted by Gasteiger charge is 2.10. The van der Waals surface area contributed by atoms with E-state index in [1.807, 2.05) is 31.2 Å². The summed E-state index contributed by atoms with van der Waals surface area (Å²) in [7, 11) is 0. The van der Waals surface area contributed by atoms with Crippen LogP contribution in [0.1, 0.15) is 45.6 Å². The van der Waals surface area contributed by atoms with Gasteiger partial charge in [0.1, 0.15) is 5.75 Å². The van der Waals surface area contributed by atoms with Gasteiger partial charge < -0.3 is 10.1 Å². The molecule has 106 valence electrons. The summed E-state index contributed by atoms with van der Waals surface area (Å²) in [6, 6.07) is 8.22. The van der Waals surface area contributed by atoms with E-state index in [1.165, 1.54) is 0 Å². The van der Waals surface area contributed by atoms with Crippen LogP contribution in [-0.2, 0) is 11.2 Å². The van der Waals surface area contributed by atoms with Gasteiger partial charge in [0.05, 0.1) is 6.61 Å². The smallest absolute Gasteiger partial charge is 0.220 e. The molecule has 0 bridgehead atoms. The number of carbonyl (C=O) groups excluding carboxylic acids is 1. The minimum atomic E-state index is 0.125. The Morgan fingerprint density at radius 3 is 2.53 bits per heavy atom. The molecule has 0 fully saturated rings. The molecule has 3 nitrogen and oxygen atoms in total. The Balaban J connectivity index is 2.50. The zero-order chi connectivity index (χ0) is 14.1. The number of rotatable bonds is 8. The Labute approximate surface area is 116 Å². The number of amides is 1. The molecule has 3 heteroatoms. The third kappa shape index (κ3) is 5.33. The van der Waals surface area contributed by atoms with Gasteiger partial charge in [0.15, 0.2) is 0 Å². The third-order valence-electron chi connectivity index (χ3n) is 3.24. The van der Waals surface area contributed by atoms with Gasteiger partial charge in [-0.15, -0.1) is 0 Å². The molecule has 1 rings (SSSR count). The van der Waals surface area contributed by atoms with Crippen LogP contribution >= 0.6 is 0 Å². The fourth-order valence-electron chi connectivity index (χ4n) is 2.05. The number of hydrogen-bond acceptors (Lipinski definition) is 2. The lowest BCUT2D eigenvalue weighted by Crippen LogP contribution is -2.33. The van der Waals surface area contributed by atoms with Crippen LogP contribution in [0.5, 0.6) is 5.75 Å². The minimum absolute atomic E-state index is 0.125. The molecule has 0 heterocycles. The monoisotopic (exact) mass is 263 g/mol. The van der Waals surface area contributed by atoms with Crippen molar-refractivity contribution in [2.24, 2.45) is 0 Å². The van der Waals surface area contributed by atoms with E-state index in [9.17, 15) is 4.79 Å². The Hall–Kier alpha value is -1.51. The van der Waals surface area contributed by atoms with Gasteiger partial charge in [-0.3, -0.25) is 4.79 Å². The van der Waals surface area contributed by atoms with Gasteiger partial charge in [-0.1, -0.05) is 32.0 Å². The third-order valence-corrected chi connectivity index (χ3v) is 3.24. The molecule has 0 aliphatic carbocycles. The maximum Gasteiger partial charge on any atom is 0.220 e. The van der Waals surface area contributed by atoms with E-state index in [4.69, 9.17) is 4.74 Å². The van der Waals surface area contributed by atoms with Crippen LogP contribution in [0.4, 0.5) is 0 Å². The Kier molecular flexibility index (Phi) is 7.01. The average molecular weight is 263 g/mol. The van der Waals surface area contributed by atoms with Gasteiger partial charge in [0.25, 0.3) is 0 Å². The van der Waals surface area contributed by atoms with E-state index in [0.29, 0.717) is 19.1 Å². The second kappa shape index (κ2) is 8.57. The molecule has 1 aromatic rings. The highest BCUT2D eigenvalue weighted by atomic mass is 16.5. The Bertz CT molecular complexity index is 386. The van der Waals surface area contributed by atoms with E-state index in [0.717, 1.165) is 30.6 Å². The fourth-order valence-corrected chi connectivity index (χ4v) is 2.05. The molecule has 0 aliphatic heterocycles. The van der Waals surface area contributed by atoms with E-state index < -0.39 is 0 Å². The Morgan fingerprint density at radius 2 is 1.89 bits per heavy atom. The van der Waals surface area contributed by atoms with Gasteiger partial charge in [0, 0.05) is 12.5 Å². The van der Waals surface area contributed by atoms with Crippen molar-refractivity contribution in [3.63, 3.8) is 0 Å². The molecule has 0 spiro atoms. The number of nitrogens with one attached hydrogen (secondary N) is 1. The standard InChI is InChI=1S/C16H25NO2/c1-4-14(5-2)17-16(18)12-11-13-9-7-8-10-15(13)19-6-3/h7-10,14H,4-6,11-12H2,1-3H3,(H,17,18). The molecule has 0 aliphatic rings. The molecule has 0 radical (unpaired) electrons. The van der Waals surface area contributed by atoms with Crippen molar-refractivity contribution >= 4 is 5.91 Å². The molecule has 1 N–H and O–H groups in total.